The summed E-state index contributed by atoms with van der Waals surface area (Å²) in [5.41, 5.74) is 2.58. The number of aryl methyl sites for hydroxylation is 2. The summed E-state index contributed by atoms with van der Waals surface area (Å²) in [6, 6.07) is 3.72. The van der Waals surface area contributed by atoms with E-state index in [-0.39, 0.29) is 18.1 Å². The van der Waals surface area contributed by atoms with Crippen molar-refractivity contribution in [3.05, 3.63) is 47.5 Å². The summed E-state index contributed by atoms with van der Waals surface area (Å²) < 4.78 is 7.80. The Morgan fingerprint density at radius 3 is 3.08 bits per heavy atom. The highest BCUT2D eigenvalue weighted by Crippen LogP contribution is 2.28. The summed E-state index contributed by atoms with van der Waals surface area (Å²) in [7, 11) is 0. The molecule has 24 heavy (non-hydrogen) atoms. The van der Waals surface area contributed by atoms with Gasteiger partial charge in [-0.05, 0) is 43.9 Å². The van der Waals surface area contributed by atoms with Gasteiger partial charge in [-0.25, -0.2) is 0 Å². The van der Waals surface area contributed by atoms with Crippen molar-refractivity contribution in [3.63, 3.8) is 0 Å². The predicted molar refractivity (Wildman–Crippen MR) is 90.7 cm³/mol. The van der Waals surface area contributed by atoms with Crippen molar-refractivity contribution >= 4 is 5.91 Å². The van der Waals surface area contributed by atoms with Crippen LogP contribution in [0, 0.1) is 0 Å². The van der Waals surface area contributed by atoms with Gasteiger partial charge in [-0.15, -0.1) is 0 Å². The van der Waals surface area contributed by atoms with Crippen molar-refractivity contribution in [3.8, 4) is 0 Å². The van der Waals surface area contributed by atoms with Crippen LogP contribution in [0.1, 0.15) is 54.4 Å². The zero-order valence-electron chi connectivity index (χ0n) is 14.2. The lowest BCUT2D eigenvalue weighted by molar-refractivity contribution is -0.00956. The van der Waals surface area contributed by atoms with E-state index in [0.717, 1.165) is 36.9 Å². The van der Waals surface area contributed by atoms with Gasteiger partial charge in [-0.3, -0.25) is 14.5 Å². The molecule has 128 valence electrons. The van der Waals surface area contributed by atoms with Crippen molar-refractivity contribution in [2.75, 3.05) is 6.61 Å². The first-order valence-electron chi connectivity index (χ1n) is 8.61. The molecule has 1 aliphatic rings. The van der Waals surface area contributed by atoms with Crippen LogP contribution in [0.5, 0.6) is 0 Å². The van der Waals surface area contributed by atoms with Crippen LogP contribution in [0.3, 0.4) is 0 Å². The first kappa shape index (κ1) is 16.6. The minimum atomic E-state index is -0.155. The monoisotopic (exact) mass is 328 g/mol. The van der Waals surface area contributed by atoms with E-state index < -0.39 is 0 Å². The molecule has 0 aromatic carbocycles. The minimum absolute atomic E-state index is 0.0622. The van der Waals surface area contributed by atoms with E-state index in [9.17, 15) is 4.79 Å². The van der Waals surface area contributed by atoms with Gasteiger partial charge in [0.1, 0.15) is 11.8 Å². The van der Waals surface area contributed by atoms with E-state index in [0.29, 0.717) is 12.3 Å². The van der Waals surface area contributed by atoms with Gasteiger partial charge in [-0.1, -0.05) is 6.92 Å². The van der Waals surface area contributed by atoms with Gasteiger partial charge in [0.25, 0.3) is 5.91 Å². The maximum atomic E-state index is 12.6. The minimum Gasteiger partial charge on any atom is -0.371 e. The lowest BCUT2D eigenvalue weighted by Crippen LogP contribution is -2.43. The largest absolute Gasteiger partial charge is 0.371 e. The summed E-state index contributed by atoms with van der Waals surface area (Å²) in [6.45, 7) is 5.63. The van der Waals surface area contributed by atoms with Crippen molar-refractivity contribution in [1.29, 1.82) is 0 Å². The molecule has 0 bridgehead atoms. The quantitative estimate of drug-likeness (QED) is 0.915. The number of nitrogens with one attached hydrogen (secondary N) is 1. The summed E-state index contributed by atoms with van der Waals surface area (Å²) in [6.07, 6.45) is 8.06. The SMILES string of the molecule is CCc1ccnc(C(=O)N[C@H]2CCCO[C@@H]2c2cnn(CC)c2)c1. The van der Waals surface area contributed by atoms with Gasteiger partial charge in [0.05, 0.1) is 12.2 Å². The number of pyridine rings is 1. The second-order valence-electron chi connectivity index (χ2n) is 6.05. The van der Waals surface area contributed by atoms with Crippen LogP contribution in [0.25, 0.3) is 0 Å². The van der Waals surface area contributed by atoms with E-state index in [1.807, 2.05) is 36.1 Å². The molecule has 1 amide bonds. The van der Waals surface area contributed by atoms with Crippen molar-refractivity contribution in [1.82, 2.24) is 20.1 Å². The Hall–Kier alpha value is -2.21. The molecule has 1 fully saturated rings. The lowest BCUT2D eigenvalue weighted by Gasteiger charge is -2.31. The Labute approximate surface area is 142 Å². The smallest absolute Gasteiger partial charge is 0.270 e. The molecule has 3 heterocycles. The van der Waals surface area contributed by atoms with Crippen LogP contribution in [-0.4, -0.2) is 33.3 Å². The average Bonchev–Trinajstić information content (AvgIpc) is 3.11. The molecule has 2 atom stereocenters. The maximum absolute atomic E-state index is 12.6. The van der Waals surface area contributed by atoms with Crippen molar-refractivity contribution < 1.29 is 9.53 Å². The molecule has 2 aromatic rings. The van der Waals surface area contributed by atoms with E-state index >= 15 is 0 Å². The highest BCUT2D eigenvalue weighted by atomic mass is 16.5. The van der Waals surface area contributed by atoms with E-state index in [2.05, 4.69) is 22.3 Å². The molecule has 0 saturated carbocycles. The molecular formula is C18H24N4O2. The molecule has 0 radical (unpaired) electrons. The third kappa shape index (κ3) is 3.64. The number of hydrogen-bond acceptors (Lipinski definition) is 4. The van der Waals surface area contributed by atoms with Crippen molar-refractivity contribution in [2.24, 2.45) is 0 Å². The normalized spacial score (nSPS) is 20.8. The number of ether oxygens (including phenoxy) is 1. The number of amides is 1. The summed E-state index contributed by atoms with van der Waals surface area (Å²) in [4.78, 5) is 16.8. The fraction of sp³-hybridized carbons (Fsp3) is 0.500. The Kier molecular flexibility index (Phi) is 5.25. The van der Waals surface area contributed by atoms with E-state index in [4.69, 9.17) is 4.74 Å². The van der Waals surface area contributed by atoms with E-state index in [1.54, 1.807) is 6.20 Å². The van der Waals surface area contributed by atoms with Crippen LogP contribution in [-0.2, 0) is 17.7 Å². The molecule has 0 unspecified atom stereocenters. The van der Waals surface area contributed by atoms with Gasteiger partial charge in [0.15, 0.2) is 0 Å². The predicted octanol–water partition coefficient (Wildman–Crippen LogP) is 2.51. The zero-order chi connectivity index (χ0) is 16.9. The van der Waals surface area contributed by atoms with Gasteiger partial charge < -0.3 is 10.1 Å². The summed E-state index contributed by atoms with van der Waals surface area (Å²) in [5.74, 6) is -0.145. The molecule has 1 N–H and O–H groups in total. The Balaban J connectivity index is 1.74. The maximum Gasteiger partial charge on any atom is 0.270 e. The summed E-state index contributed by atoms with van der Waals surface area (Å²) in [5, 5.41) is 7.41. The van der Waals surface area contributed by atoms with Crippen LogP contribution >= 0.6 is 0 Å². The molecule has 6 nitrogen and oxygen atoms in total. The highest BCUT2D eigenvalue weighted by Gasteiger charge is 2.30. The van der Waals surface area contributed by atoms with Crippen molar-refractivity contribution in [2.45, 2.75) is 51.8 Å². The zero-order valence-corrected chi connectivity index (χ0v) is 14.2. The molecule has 2 aromatic heterocycles. The Morgan fingerprint density at radius 2 is 2.33 bits per heavy atom. The first-order chi connectivity index (χ1) is 11.7. The fourth-order valence-corrected chi connectivity index (χ4v) is 3.02. The number of carbonyl (C=O) groups is 1. The number of aromatic nitrogens is 3. The Bertz CT molecular complexity index is 698. The molecule has 3 rings (SSSR count). The van der Waals surface area contributed by atoms with Crippen LogP contribution in [0.15, 0.2) is 30.7 Å². The number of carbonyl (C=O) groups excluding carboxylic acids is 1. The second-order valence-corrected chi connectivity index (χ2v) is 6.05. The summed E-state index contributed by atoms with van der Waals surface area (Å²) >= 11 is 0. The molecular weight excluding hydrogens is 304 g/mol. The Morgan fingerprint density at radius 1 is 1.46 bits per heavy atom. The number of hydrogen-bond donors (Lipinski definition) is 1. The van der Waals surface area contributed by atoms with Crippen LogP contribution in [0.2, 0.25) is 0 Å². The standard InChI is InChI=1S/C18H24N4O2/c1-3-13-7-8-19-16(10-13)18(23)21-15-6-5-9-24-17(15)14-11-20-22(4-2)12-14/h7-8,10-12,15,17H,3-6,9H2,1-2H3,(H,21,23)/t15-,17+/m0/s1. The molecule has 0 spiro atoms. The van der Waals surface area contributed by atoms with Crippen LogP contribution in [0.4, 0.5) is 0 Å². The first-order valence-corrected chi connectivity index (χ1v) is 8.61. The van der Waals surface area contributed by atoms with E-state index in [1.165, 1.54) is 0 Å². The topological polar surface area (TPSA) is 69.0 Å². The third-order valence-corrected chi connectivity index (χ3v) is 4.41. The average molecular weight is 328 g/mol. The fourth-order valence-electron chi connectivity index (χ4n) is 3.02. The molecule has 0 aliphatic carbocycles. The highest BCUT2D eigenvalue weighted by molar-refractivity contribution is 5.92. The van der Waals surface area contributed by atoms with Gasteiger partial charge in [-0.2, -0.15) is 5.10 Å². The van der Waals surface area contributed by atoms with Gasteiger partial charge >= 0.3 is 0 Å². The van der Waals surface area contributed by atoms with Crippen LogP contribution < -0.4 is 5.32 Å². The third-order valence-electron chi connectivity index (χ3n) is 4.41. The molecule has 1 aliphatic heterocycles. The van der Waals surface area contributed by atoms with Gasteiger partial charge in [0, 0.05) is 31.1 Å². The lowest BCUT2D eigenvalue weighted by atomic mass is 9.98. The number of rotatable bonds is 5. The number of nitrogens with zero attached hydrogens (tertiary/aromatic N) is 3. The second kappa shape index (κ2) is 7.57. The van der Waals surface area contributed by atoms with Gasteiger partial charge in [0.2, 0.25) is 0 Å². The molecule has 6 heteroatoms. The molecule has 1 saturated heterocycles.